The van der Waals surface area contributed by atoms with Crippen molar-refractivity contribution in [2.75, 3.05) is 0 Å². The van der Waals surface area contributed by atoms with Crippen LogP contribution in [0.1, 0.15) is 0 Å². The number of hydrogen-bond donors (Lipinski definition) is 0. The Hall–Kier alpha value is -2.44. The van der Waals surface area contributed by atoms with Crippen LogP contribution in [-0.4, -0.2) is 9.85 Å². The lowest BCUT2D eigenvalue weighted by molar-refractivity contribution is -0.385. The Bertz CT molecular complexity index is 620. The summed E-state index contributed by atoms with van der Waals surface area (Å²) in [6, 6.07) is 10.7. The van der Waals surface area contributed by atoms with Crippen molar-refractivity contribution in [3.8, 4) is 11.5 Å². The SMILES string of the molecule is O=[N+]([O-])c1ccc(OP(Cl)Oc2ccc([N+](=O)[O-])cc2)cc1. The standard InChI is InChI=1S/C12H8ClN2O6P/c13-22(20-11-5-1-9(2-6-11)14(16)17)21-12-7-3-10(4-8-12)15(18)19/h1-8H. The Labute approximate surface area is 130 Å². The quantitative estimate of drug-likeness (QED) is 0.437. The van der Waals surface area contributed by atoms with Crippen molar-refractivity contribution in [3.05, 3.63) is 68.8 Å². The first-order valence-electron chi connectivity index (χ1n) is 5.76. The van der Waals surface area contributed by atoms with Crippen molar-refractivity contribution >= 4 is 30.3 Å². The van der Waals surface area contributed by atoms with E-state index in [9.17, 15) is 20.2 Å². The number of non-ortho nitro benzene ring substituents is 2. The molecule has 2 aromatic carbocycles. The molecule has 0 aliphatic carbocycles. The van der Waals surface area contributed by atoms with Crippen LogP contribution in [0.5, 0.6) is 11.5 Å². The van der Waals surface area contributed by atoms with Gasteiger partial charge in [-0.15, -0.1) is 0 Å². The van der Waals surface area contributed by atoms with Crippen LogP contribution in [0, 0.1) is 20.2 Å². The summed E-state index contributed by atoms with van der Waals surface area (Å²) in [5.74, 6) is 0.627. The minimum Gasteiger partial charge on any atom is -0.427 e. The lowest BCUT2D eigenvalue weighted by Gasteiger charge is -2.11. The van der Waals surface area contributed by atoms with Crippen LogP contribution in [0.2, 0.25) is 0 Å². The lowest BCUT2D eigenvalue weighted by atomic mass is 10.3. The molecule has 2 aromatic rings. The smallest absolute Gasteiger partial charge is 0.401 e. The molecular formula is C12H8ClN2O6P. The number of halogens is 1. The van der Waals surface area contributed by atoms with Crippen LogP contribution >= 0.6 is 19.0 Å². The normalized spacial score (nSPS) is 10.3. The first kappa shape index (κ1) is 15.9. The third-order valence-corrected chi connectivity index (χ3v) is 3.57. The molecule has 0 heterocycles. The fraction of sp³-hybridized carbons (Fsp3) is 0. The highest BCUT2D eigenvalue weighted by molar-refractivity contribution is 7.76. The first-order chi connectivity index (χ1) is 10.5. The van der Waals surface area contributed by atoms with Crippen LogP contribution in [0.15, 0.2) is 48.5 Å². The number of benzene rings is 2. The Balaban J connectivity index is 1.95. The fourth-order valence-corrected chi connectivity index (χ4v) is 2.53. The van der Waals surface area contributed by atoms with Crippen molar-refractivity contribution in [3.63, 3.8) is 0 Å². The van der Waals surface area contributed by atoms with Gasteiger partial charge < -0.3 is 9.05 Å². The number of nitrogens with zero attached hydrogens (tertiary/aromatic N) is 2. The molecule has 10 heteroatoms. The van der Waals surface area contributed by atoms with Crippen molar-refractivity contribution in [1.82, 2.24) is 0 Å². The van der Waals surface area contributed by atoms with Gasteiger partial charge in [-0.2, -0.15) is 0 Å². The Morgan fingerprint density at radius 3 is 1.36 bits per heavy atom. The van der Waals surface area contributed by atoms with E-state index in [1.807, 2.05) is 0 Å². The van der Waals surface area contributed by atoms with Crippen molar-refractivity contribution in [1.29, 1.82) is 0 Å². The van der Waals surface area contributed by atoms with Crippen molar-refractivity contribution in [2.24, 2.45) is 0 Å². The highest BCUT2D eigenvalue weighted by Crippen LogP contribution is 2.45. The molecule has 2 rings (SSSR count). The van der Waals surface area contributed by atoms with Gasteiger partial charge in [-0.3, -0.25) is 20.2 Å². The predicted octanol–water partition coefficient (Wildman–Crippen LogP) is 4.43. The van der Waals surface area contributed by atoms with Crippen molar-refractivity contribution in [2.45, 2.75) is 0 Å². The minimum absolute atomic E-state index is 0.0671. The van der Waals surface area contributed by atoms with Gasteiger partial charge in [0.25, 0.3) is 11.4 Å². The highest BCUT2D eigenvalue weighted by atomic mass is 35.7. The summed E-state index contributed by atoms with van der Waals surface area (Å²) in [5, 5.41) is 21.0. The monoisotopic (exact) mass is 342 g/mol. The summed E-state index contributed by atoms with van der Waals surface area (Å²) in [7, 11) is -1.85. The molecule has 0 bridgehead atoms. The third kappa shape index (κ3) is 4.28. The molecule has 22 heavy (non-hydrogen) atoms. The van der Waals surface area contributed by atoms with Gasteiger partial charge in [0.15, 0.2) is 0 Å². The number of rotatable bonds is 6. The molecule has 0 aliphatic heterocycles. The molecular weight excluding hydrogens is 335 g/mol. The number of nitro benzene ring substituents is 2. The molecule has 0 aliphatic rings. The lowest BCUT2D eigenvalue weighted by Crippen LogP contribution is -1.92. The fourth-order valence-electron chi connectivity index (χ4n) is 1.44. The molecule has 0 spiro atoms. The number of hydrogen-bond acceptors (Lipinski definition) is 6. The van der Waals surface area contributed by atoms with Crippen LogP contribution in [0.3, 0.4) is 0 Å². The molecule has 0 atom stereocenters. The van der Waals surface area contributed by atoms with Gasteiger partial charge >= 0.3 is 7.73 Å². The van der Waals surface area contributed by atoms with Gasteiger partial charge in [0.2, 0.25) is 0 Å². The van der Waals surface area contributed by atoms with E-state index < -0.39 is 17.6 Å². The molecule has 0 saturated heterocycles. The van der Waals surface area contributed by atoms with Gasteiger partial charge in [-0.1, -0.05) is 0 Å². The third-order valence-electron chi connectivity index (χ3n) is 2.45. The largest absolute Gasteiger partial charge is 0.427 e. The van der Waals surface area contributed by atoms with Gasteiger partial charge in [0, 0.05) is 24.3 Å². The molecule has 0 saturated carbocycles. The topological polar surface area (TPSA) is 105 Å². The summed E-state index contributed by atoms with van der Waals surface area (Å²) < 4.78 is 10.6. The van der Waals surface area contributed by atoms with Gasteiger partial charge in [0.05, 0.1) is 9.85 Å². The van der Waals surface area contributed by atoms with E-state index in [0.29, 0.717) is 11.5 Å². The molecule has 0 radical (unpaired) electrons. The zero-order valence-electron chi connectivity index (χ0n) is 10.8. The maximum atomic E-state index is 10.5. The molecule has 8 nitrogen and oxygen atoms in total. The Morgan fingerprint density at radius 1 is 0.773 bits per heavy atom. The predicted molar refractivity (Wildman–Crippen MR) is 80.2 cm³/mol. The van der Waals surface area contributed by atoms with E-state index in [2.05, 4.69) is 0 Å². The van der Waals surface area contributed by atoms with E-state index in [-0.39, 0.29) is 11.4 Å². The maximum absolute atomic E-state index is 10.5. The molecule has 114 valence electrons. The van der Waals surface area contributed by atoms with E-state index in [1.165, 1.54) is 48.5 Å². The molecule has 0 N–H and O–H groups in total. The average molecular weight is 343 g/mol. The Kier molecular flexibility index (Phi) is 5.08. The minimum atomic E-state index is -1.85. The van der Waals surface area contributed by atoms with Gasteiger partial charge in [-0.05, 0) is 35.5 Å². The van der Waals surface area contributed by atoms with Gasteiger partial charge in [0.1, 0.15) is 11.5 Å². The summed E-state index contributed by atoms with van der Waals surface area (Å²) in [6.07, 6.45) is 0. The molecule has 0 fully saturated rings. The highest BCUT2D eigenvalue weighted by Gasteiger charge is 2.13. The first-order valence-corrected chi connectivity index (χ1v) is 7.85. The van der Waals surface area contributed by atoms with E-state index in [1.54, 1.807) is 0 Å². The average Bonchev–Trinajstić information content (AvgIpc) is 2.48. The summed E-state index contributed by atoms with van der Waals surface area (Å²) in [6.45, 7) is 0. The molecule has 0 amide bonds. The van der Waals surface area contributed by atoms with Crippen LogP contribution in [0.4, 0.5) is 11.4 Å². The maximum Gasteiger partial charge on any atom is 0.401 e. The second-order valence-corrected chi connectivity index (χ2v) is 5.52. The van der Waals surface area contributed by atoms with Crippen LogP contribution in [0.25, 0.3) is 0 Å². The van der Waals surface area contributed by atoms with E-state index in [0.717, 1.165) is 0 Å². The van der Waals surface area contributed by atoms with Crippen LogP contribution < -0.4 is 9.05 Å². The Morgan fingerprint density at radius 2 is 1.09 bits per heavy atom. The van der Waals surface area contributed by atoms with Crippen LogP contribution in [-0.2, 0) is 0 Å². The summed E-state index contributed by atoms with van der Waals surface area (Å²) in [5.41, 5.74) is -0.134. The molecule has 0 aromatic heterocycles. The van der Waals surface area contributed by atoms with E-state index in [4.69, 9.17) is 20.3 Å². The zero-order chi connectivity index (χ0) is 16.1. The zero-order valence-corrected chi connectivity index (χ0v) is 12.4. The second-order valence-electron chi connectivity index (χ2n) is 3.90. The van der Waals surface area contributed by atoms with Crippen molar-refractivity contribution < 1.29 is 18.9 Å². The van der Waals surface area contributed by atoms with Gasteiger partial charge in [-0.25, -0.2) is 0 Å². The second kappa shape index (κ2) is 7.02. The summed E-state index contributed by atoms with van der Waals surface area (Å²) >= 11 is 5.91. The summed E-state index contributed by atoms with van der Waals surface area (Å²) in [4.78, 5) is 20.0. The van der Waals surface area contributed by atoms with E-state index >= 15 is 0 Å². The molecule has 0 unspecified atom stereocenters. The number of nitro groups is 2.